The monoisotopic (exact) mass is 624 g/mol. The van der Waals surface area contributed by atoms with Crippen molar-refractivity contribution in [3.05, 3.63) is 122 Å². The van der Waals surface area contributed by atoms with Crippen LogP contribution in [-0.4, -0.2) is 34.4 Å². The highest BCUT2D eigenvalue weighted by Crippen LogP contribution is 2.37. The van der Waals surface area contributed by atoms with E-state index in [0.29, 0.717) is 35.7 Å². The van der Waals surface area contributed by atoms with Crippen molar-refractivity contribution in [2.45, 2.75) is 69.9 Å². The molecule has 1 aromatic heterocycles. The Labute approximate surface area is 267 Å². The van der Waals surface area contributed by atoms with Crippen molar-refractivity contribution in [3.63, 3.8) is 0 Å². The maximum atomic E-state index is 13.4. The van der Waals surface area contributed by atoms with E-state index in [0.717, 1.165) is 50.6 Å². The van der Waals surface area contributed by atoms with Crippen molar-refractivity contribution >= 4 is 34.4 Å². The van der Waals surface area contributed by atoms with Crippen LogP contribution in [0.2, 0.25) is 5.02 Å². The molecule has 0 spiro atoms. The van der Waals surface area contributed by atoms with Crippen LogP contribution >= 0.6 is 11.6 Å². The smallest absolute Gasteiger partial charge is 0.287 e. The molecule has 1 saturated heterocycles. The van der Waals surface area contributed by atoms with Crippen LogP contribution < -0.4 is 10.7 Å². The Kier molecular flexibility index (Phi) is 9.36. The first kappa shape index (κ1) is 30.7. The van der Waals surface area contributed by atoms with Crippen LogP contribution in [0.4, 0.5) is 0 Å². The van der Waals surface area contributed by atoms with Crippen LogP contribution in [-0.2, 0) is 17.8 Å². The number of nitrogens with zero attached hydrogens (tertiary/aromatic N) is 1. The number of nitrogens with one attached hydrogen (secondary N) is 1. The summed E-state index contributed by atoms with van der Waals surface area (Å²) in [7, 11) is 0. The third-order valence-electron chi connectivity index (χ3n) is 8.96. The van der Waals surface area contributed by atoms with Crippen molar-refractivity contribution in [3.8, 4) is 5.75 Å². The second-order valence-corrected chi connectivity index (χ2v) is 12.6. The second kappa shape index (κ2) is 13.7. The maximum absolute atomic E-state index is 13.4. The molecule has 2 aliphatic rings. The minimum atomic E-state index is -0.497. The summed E-state index contributed by atoms with van der Waals surface area (Å²) in [5.41, 5.74) is 4.67. The number of hydrogen-bond donors (Lipinski definition) is 2. The first-order valence-electron chi connectivity index (χ1n) is 15.7. The van der Waals surface area contributed by atoms with Gasteiger partial charge in [-0.3, -0.25) is 14.4 Å². The highest BCUT2D eigenvalue weighted by molar-refractivity contribution is 6.30. The van der Waals surface area contributed by atoms with Gasteiger partial charge in [-0.2, -0.15) is 0 Å². The fourth-order valence-electron chi connectivity index (χ4n) is 6.58. The van der Waals surface area contributed by atoms with Gasteiger partial charge >= 0.3 is 0 Å². The minimum absolute atomic E-state index is 0.0493. The van der Waals surface area contributed by atoms with Crippen LogP contribution in [0.1, 0.15) is 78.1 Å². The average Bonchev–Trinajstić information content (AvgIpc) is 3.03. The SMILES string of the molecule is O=C(N[C@@H](C=C1CCC(c2ccccc2CN2CCCCC2=O)CC1)Cc1ccc(Cl)cc1)c1cc(=O)c2ccc(O)cc2o1. The van der Waals surface area contributed by atoms with Gasteiger partial charge in [0.15, 0.2) is 11.2 Å². The molecular weight excluding hydrogens is 588 g/mol. The first-order valence-corrected chi connectivity index (χ1v) is 16.1. The minimum Gasteiger partial charge on any atom is -0.508 e. The fraction of sp³-hybridized carbons (Fsp3) is 0.324. The zero-order valence-electron chi connectivity index (χ0n) is 25.1. The van der Waals surface area contributed by atoms with Crippen molar-refractivity contribution in [1.82, 2.24) is 10.2 Å². The second-order valence-electron chi connectivity index (χ2n) is 12.1. The van der Waals surface area contributed by atoms with Crippen molar-refractivity contribution < 1.29 is 19.1 Å². The van der Waals surface area contributed by atoms with Crippen molar-refractivity contribution in [2.24, 2.45) is 0 Å². The lowest BCUT2D eigenvalue weighted by Crippen LogP contribution is -2.36. The van der Waals surface area contributed by atoms with Gasteiger partial charge in [-0.05, 0) is 91.8 Å². The summed E-state index contributed by atoms with van der Waals surface area (Å²) in [6, 6.07) is 21.2. The van der Waals surface area contributed by atoms with Gasteiger partial charge in [-0.25, -0.2) is 0 Å². The molecule has 7 nitrogen and oxygen atoms in total. The van der Waals surface area contributed by atoms with Gasteiger partial charge in [0, 0.05) is 36.7 Å². The highest BCUT2D eigenvalue weighted by atomic mass is 35.5. The number of carbonyl (C=O) groups excluding carboxylic acids is 2. The van der Waals surface area contributed by atoms with E-state index in [1.54, 1.807) is 0 Å². The molecule has 1 saturated carbocycles. The number of rotatable bonds is 8. The lowest BCUT2D eigenvalue weighted by atomic mass is 9.79. The normalized spacial score (nSPS) is 17.7. The molecule has 0 unspecified atom stereocenters. The number of carbonyl (C=O) groups is 2. The molecule has 6 rings (SSSR count). The van der Waals surface area contributed by atoms with Crippen LogP contribution in [0.3, 0.4) is 0 Å². The van der Waals surface area contributed by atoms with Gasteiger partial charge in [0.2, 0.25) is 5.91 Å². The van der Waals surface area contributed by atoms with Gasteiger partial charge in [0.1, 0.15) is 11.3 Å². The van der Waals surface area contributed by atoms with Gasteiger partial charge in [-0.1, -0.05) is 59.6 Å². The highest BCUT2D eigenvalue weighted by Gasteiger charge is 2.25. The maximum Gasteiger partial charge on any atom is 0.287 e. The first-order chi connectivity index (χ1) is 21.8. The molecule has 1 aliphatic heterocycles. The molecule has 45 heavy (non-hydrogen) atoms. The summed E-state index contributed by atoms with van der Waals surface area (Å²) in [6.07, 6.45) is 9.16. The van der Waals surface area contributed by atoms with Crippen LogP contribution in [0.5, 0.6) is 5.75 Å². The Morgan fingerprint density at radius 3 is 2.56 bits per heavy atom. The molecule has 2 heterocycles. The lowest BCUT2D eigenvalue weighted by Gasteiger charge is -2.31. The predicted octanol–water partition coefficient (Wildman–Crippen LogP) is 7.29. The molecule has 3 aromatic carbocycles. The molecule has 4 aromatic rings. The quantitative estimate of drug-likeness (QED) is 0.201. The van der Waals surface area contributed by atoms with E-state index in [9.17, 15) is 19.5 Å². The van der Waals surface area contributed by atoms with Crippen molar-refractivity contribution in [2.75, 3.05) is 6.54 Å². The number of aromatic hydroxyl groups is 1. The summed E-state index contributed by atoms with van der Waals surface area (Å²) in [5, 5.41) is 13.9. The molecule has 1 aliphatic carbocycles. The van der Waals surface area contributed by atoms with E-state index in [1.807, 2.05) is 29.2 Å². The summed E-state index contributed by atoms with van der Waals surface area (Å²) in [6.45, 7) is 1.50. The number of phenols is 1. The Balaban J connectivity index is 1.19. The van der Waals surface area contributed by atoms with Gasteiger partial charge < -0.3 is 19.7 Å². The molecule has 2 fully saturated rings. The molecule has 2 N–H and O–H groups in total. The number of amides is 2. The lowest BCUT2D eigenvalue weighted by molar-refractivity contribution is -0.133. The molecular formula is C37H37ClN2O5. The van der Waals surface area contributed by atoms with Gasteiger partial charge in [0.25, 0.3) is 5.91 Å². The Morgan fingerprint density at radius 1 is 1.00 bits per heavy atom. The number of hydrogen-bond acceptors (Lipinski definition) is 5. The summed E-state index contributed by atoms with van der Waals surface area (Å²) in [4.78, 5) is 40.6. The number of fused-ring (bicyclic) bond motifs is 1. The van der Waals surface area contributed by atoms with E-state index >= 15 is 0 Å². The third-order valence-corrected chi connectivity index (χ3v) is 9.22. The Hall–Kier alpha value is -4.36. The van der Waals surface area contributed by atoms with E-state index in [-0.39, 0.29) is 34.5 Å². The number of piperidine rings is 1. The van der Waals surface area contributed by atoms with Crippen molar-refractivity contribution in [1.29, 1.82) is 0 Å². The largest absolute Gasteiger partial charge is 0.508 e. The predicted molar refractivity (Wildman–Crippen MR) is 176 cm³/mol. The standard InChI is InChI=1S/C37H37ClN2O5/c38-28-14-10-25(11-15-28)20-29(39-37(44)35-22-33(42)32-17-16-30(41)21-34(32)45-35)19-24-8-12-26(13-9-24)31-6-2-1-5-27(31)23-40-18-4-3-7-36(40)43/h1-2,5-6,10-11,14-17,19,21-22,26,29,41H,3-4,7-9,12-13,18,20,23H2,(H,39,44)/t26?,29-/m0/s1. The fourth-order valence-corrected chi connectivity index (χ4v) is 6.71. The van der Waals surface area contributed by atoms with Crippen LogP contribution in [0.15, 0.2) is 93.7 Å². The average molecular weight is 625 g/mol. The number of benzene rings is 3. The number of phenolic OH excluding ortho intramolecular Hbond substituents is 1. The third kappa shape index (κ3) is 7.48. The number of likely N-dealkylation sites (tertiary alicyclic amines) is 1. The summed E-state index contributed by atoms with van der Waals surface area (Å²) in [5.74, 6) is 0.00514. The van der Waals surface area contributed by atoms with Crippen LogP contribution in [0.25, 0.3) is 11.0 Å². The molecule has 2 amide bonds. The summed E-state index contributed by atoms with van der Waals surface area (Å²) >= 11 is 6.12. The van der Waals surface area contributed by atoms with Gasteiger partial charge in [-0.15, -0.1) is 0 Å². The zero-order valence-corrected chi connectivity index (χ0v) is 25.9. The zero-order chi connectivity index (χ0) is 31.3. The topological polar surface area (TPSA) is 99.9 Å². The van der Waals surface area contributed by atoms with E-state index in [2.05, 4.69) is 35.7 Å². The molecule has 0 radical (unpaired) electrons. The molecule has 0 bridgehead atoms. The molecule has 232 valence electrons. The molecule has 8 heteroatoms. The summed E-state index contributed by atoms with van der Waals surface area (Å²) < 4.78 is 5.74. The van der Waals surface area contributed by atoms with Gasteiger partial charge in [0.05, 0.1) is 11.4 Å². The number of allylic oxidation sites excluding steroid dienone is 1. The number of halogens is 1. The Bertz CT molecular complexity index is 1790. The molecule has 1 atom stereocenters. The van der Waals surface area contributed by atoms with E-state index in [4.69, 9.17) is 16.0 Å². The van der Waals surface area contributed by atoms with E-state index in [1.165, 1.54) is 41.0 Å². The van der Waals surface area contributed by atoms with Crippen LogP contribution in [0, 0.1) is 0 Å². The van der Waals surface area contributed by atoms with E-state index < -0.39 is 5.91 Å². The Morgan fingerprint density at radius 2 is 1.78 bits per heavy atom.